The molecule has 1 atom stereocenters. The number of hydrogen-bond acceptors (Lipinski definition) is 5. The van der Waals surface area contributed by atoms with Gasteiger partial charge in [0.1, 0.15) is 11.6 Å². The van der Waals surface area contributed by atoms with Crippen LogP contribution in [0, 0.1) is 13.8 Å². The Morgan fingerprint density at radius 1 is 1.13 bits per heavy atom. The van der Waals surface area contributed by atoms with Crippen LogP contribution in [0.25, 0.3) is 10.9 Å². The van der Waals surface area contributed by atoms with Crippen molar-refractivity contribution >= 4 is 28.3 Å². The van der Waals surface area contributed by atoms with Crippen LogP contribution in [0.2, 0.25) is 0 Å². The van der Waals surface area contributed by atoms with Crippen LogP contribution in [0.1, 0.15) is 61.2 Å². The van der Waals surface area contributed by atoms with E-state index >= 15 is 0 Å². The molecule has 1 amide bonds. The number of nitrogens with two attached hydrogens (primary N) is 1. The second kappa shape index (κ2) is 8.53. The Balaban J connectivity index is 1.63. The molecular formula is C25H31N5O. The molecule has 1 aliphatic heterocycles. The lowest BCUT2D eigenvalue weighted by molar-refractivity contribution is -0.129. The fourth-order valence-electron chi connectivity index (χ4n) is 4.54. The van der Waals surface area contributed by atoms with E-state index in [-0.39, 0.29) is 11.9 Å². The third-order valence-electron chi connectivity index (χ3n) is 6.22. The van der Waals surface area contributed by atoms with Gasteiger partial charge in [-0.05, 0) is 80.5 Å². The van der Waals surface area contributed by atoms with E-state index in [1.165, 1.54) is 5.56 Å². The number of nitrogen functional groups attached to an aromatic ring is 1. The molecule has 0 aliphatic carbocycles. The molecule has 6 nitrogen and oxygen atoms in total. The Labute approximate surface area is 183 Å². The molecule has 1 aliphatic rings. The van der Waals surface area contributed by atoms with Crippen molar-refractivity contribution in [2.75, 3.05) is 24.1 Å². The van der Waals surface area contributed by atoms with Crippen LogP contribution in [-0.4, -0.2) is 33.9 Å². The van der Waals surface area contributed by atoms with Crippen LogP contribution in [0.5, 0.6) is 0 Å². The maximum absolute atomic E-state index is 11.6. The van der Waals surface area contributed by atoms with Gasteiger partial charge in [0.15, 0.2) is 0 Å². The van der Waals surface area contributed by atoms with Crippen molar-refractivity contribution in [1.29, 1.82) is 0 Å². The number of carbonyl (C=O) groups is 1. The highest BCUT2D eigenvalue weighted by atomic mass is 16.2. The monoisotopic (exact) mass is 417 g/mol. The summed E-state index contributed by atoms with van der Waals surface area (Å²) in [5.41, 5.74) is 11.3. The van der Waals surface area contributed by atoms with E-state index in [0.717, 1.165) is 65.3 Å². The van der Waals surface area contributed by atoms with Crippen molar-refractivity contribution in [3.63, 3.8) is 0 Å². The highest BCUT2D eigenvalue weighted by molar-refractivity contribution is 5.90. The molecule has 0 bridgehead atoms. The predicted molar refractivity (Wildman–Crippen MR) is 126 cm³/mol. The number of aromatic nitrogens is 2. The summed E-state index contributed by atoms with van der Waals surface area (Å²) >= 11 is 0. The average Bonchev–Trinajstić information content (AvgIpc) is 2.72. The highest BCUT2D eigenvalue weighted by Crippen LogP contribution is 2.33. The van der Waals surface area contributed by atoms with Crippen molar-refractivity contribution in [3.05, 3.63) is 58.9 Å². The molecule has 1 fully saturated rings. The van der Waals surface area contributed by atoms with Gasteiger partial charge >= 0.3 is 0 Å². The lowest BCUT2D eigenvalue weighted by Gasteiger charge is -2.31. The summed E-state index contributed by atoms with van der Waals surface area (Å²) in [7, 11) is 0. The quantitative estimate of drug-likeness (QED) is 0.600. The molecule has 3 N–H and O–H groups in total. The Hall–Kier alpha value is -3.15. The maximum Gasteiger partial charge on any atom is 0.219 e. The Kier molecular flexibility index (Phi) is 5.81. The molecular weight excluding hydrogens is 386 g/mol. The number of nitrogens with zero attached hydrogens (tertiary/aromatic N) is 3. The van der Waals surface area contributed by atoms with E-state index < -0.39 is 0 Å². The van der Waals surface area contributed by atoms with Gasteiger partial charge in [0.05, 0.1) is 11.6 Å². The van der Waals surface area contributed by atoms with Crippen LogP contribution in [0.4, 0.5) is 11.5 Å². The molecule has 31 heavy (non-hydrogen) atoms. The minimum atomic E-state index is 0.0576. The van der Waals surface area contributed by atoms with Crippen molar-refractivity contribution in [3.8, 4) is 0 Å². The summed E-state index contributed by atoms with van der Waals surface area (Å²) in [5, 5.41) is 4.62. The van der Waals surface area contributed by atoms with Gasteiger partial charge in [-0.3, -0.25) is 4.79 Å². The maximum atomic E-state index is 11.6. The SMILES string of the molecule is CC(=O)N1CCC(c2ccc3nc(C)nc(N[C@@H](C)c4cc(C)cc(N)c4)c3c2)CC1. The Bertz CT molecular complexity index is 1100. The van der Waals surface area contributed by atoms with Gasteiger partial charge in [-0.25, -0.2) is 9.97 Å². The molecule has 4 rings (SSSR count). The van der Waals surface area contributed by atoms with E-state index in [9.17, 15) is 4.79 Å². The van der Waals surface area contributed by atoms with E-state index in [0.29, 0.717) is 5.92 Å². The third-order valence-corrected chi connectivity index (χ3v) is 6.22. The van der Waals surface area contributed by atoms with Crippen LogP contribution < -0.4 is 11.1 Å². The largest absolute Gasteiger partial charge is 0.399 e. The van der Waals surface area contributed by atoms with Gasteiger partial charge in [-0.2, -0.15) is 0 Å². The standard InChI is InChI=1S/C25H31N5O/c1-15-11-21(13-22(26)12-15)16(2)27-25-23-14-20(5-6-24(23)28-17(3)29-25)19-7-9-30(10-8-19)18(4)31/h5-6,11-14,16,19H,7-10,26H2,1-4H3,(H,27,28,29)/t16-/m0/s1. The lowest BCUT2D eigenvalue weighted by atomic mass is 9.88. The molecule has 1 aromatic heterocycles. The molecule has 0 radical (unpaired) electrons. The molecule has 0 saturated carbocycles. The number of nitrogens with one attached hydrogen (secondary N) is 1. The molecule has 0 spiro atoms. The third kappa shape index (κ3) is 4.63. The number of carbonyl (C=O) groups excluding carboxylic acids is 1. The van der Waals surface area contributed by atoms with E-state index in [1.54, 1.807) is 6.92 Å². The number of rotatable bonds is 4. The van der Waals surface area contributed by atoms with Gasteiger partial charge in [0.25, 0.3) is 0 Å². The van der Waals surface area contributed by atoms with Crippen molar-refractivity contribution < 1.29 is 4.79 Å². The van der Waals surface area contributed by atoms with Crippen LogP contribution in [-0.2, 0) is 4.79 Å². The molecule has 6 heteroatoms. The van der Waals surface area contributed by atoms with Gasteiger partial charge < -0.3 is 16.0 Å². The molecule has 162 valence electrons. The normalized spacial score (nSPS) is 15.8. The highest BCUT2D eigenvalue weighted by Gasteiger charge is 2.22. The number of piperidine rings is 1. The van der Waals surface area contributed by atoms with Gasteiger partial charge in [0, 0.05) is 31.1 Å². The number of amides is 1. The second-order valence-corrected chi connectivity index (χ2v) is 8.72. The fraction of sp³-hybridized carbons (Fsp3) is 0.400. The van der Waals surface area contributed by atoms with Crippen molar-refractivity contribution in [2.45, 2.75) is 52.5 Å². The second-order valence-electron chi connectivity index (χ2n) is 8.72. The zero-order valence-corrected chi connectivity index (χ0v) is 18.8. The first-order chi connectivity index (χ1) is 14.8. The Morgan fingerprint density at radius 2 is 1.87 bits per heavy atom. The number of hydrogen-bond donors (Lipinski definition) is 2. The first-order valence-electron chi connectivity index (χ1n) is 11.0. The minimum Gasteiger partial charge on any atom is -0.399 e. The summed E-state index contributed by atoms with van der Waals surface area (Å²) in [6.07, 6.45) is 1.97. The van der Waals surface area contributed by atoms with Crippen LogP contribution in [0.3, 0.4) is 0 Å². The summed E-state index contributed by atoms with van der Waals surface area (Å²) < 4.78 is 0. The first-order valence-corrected chi connectivity index (χ1v) is 11.0. The first kappa shape index (κ1) is 21.1. The lowest BCUT2D eigenvalue weighted by Crippen LogP contribution is -2.36. The van der Waals surface area contributed by atoms with Crippen molar-refractivity contribution in [1.82, 2.24) is 14.9 Å². The number of likely N-dealkylation sites (tertiary alicyclic amines) is 1. The van der Waals surface area contributed by atoms with Gasteiger partial charge in [0.2, 0.25) is 5.91 Å². The predicted octanol–water partition coefficient (Wildman–Crippen LogP) is 4.73. The summed E-state index contributed by atoms with van der Waals surface area (Å²) in [6, 6.07) is 12.7. The summed E-state index contributed by atoms with van der Waals surface area (Å²) in [5.74, 6) is 2.20. The summed E-state index contributed by atoms with van der Waals surface area (Å²) in [4.78, 5) is 23.0. The summed E-state index contributed by atoms with van der Waals surface area (Å²) in [6.45, 7) is 9.39. The molecule has 0 unspecified atom stereocenters. The van der Waals surface area contributed by atoms with Crippen molar-refractivity contribution in [2.24, 2.45) is 0 Å². The zero-order chi connectivity index (χ0) is 22.1. The van der Waals surface area contributed by atoms with E-state index in [4.69, 9.17) is 10.7 Å². The van der Waals surface area contributed by atoms with Gasteiger partial charge in [-0.15, -0.1) is 0 Å². The fourth-order valence-corrected chi connectivity index (χ4v) is 4.54. The topological polar surface area (TPSA) is 84.1 Å². The van der Waals surface area contributed by atoms with E-state index in [2.05, 4.69) is 48.4 Å². The number of aryl methyl sites for hydroxylation is 2. The number of anilines is 2. The zero-order valence-electron chi connectivity index (χ0n) is 18.8. The minimum absolute atomic E-state index is 0.0576. The number of benzene rings is 2. The smallest absolute Gasteiger partial charge is 0.219 e. The molecule has 2 aromatic carbocycles. The van der Waals surface area contributed by atoms with Gasteiger partial charge in [-0.1, -0.05) is 12.1 Å². The molecule has 3 aromatic rings. The van der Waals surface area contributed by atoms with Crippen LogP contribution >= 0.6 is 0 Å². The molecule has 1 saturated heterocycles. The molecule has 2 heterocycles. The van der Waals surface area contributed by atoms with Crippen LogP contribution in [0.15, 0.2) is 36.4 Å². The van der Waals surface area contributed by atoms with E-state index in [1.807, 2.05) is 24.0 Å². The average molecular weight is 418 g/mol. The Morgan fingerprint density at radius 3 is 2.55 bits per heavy atom. The number of fused-ring (bicyclic) bond motifs is 1.